The Balaban J connectivity index is 2.31. The minimum absolute atomic E-state index is 0.0491. The molecule has 5 nitrogen and oxygen atoms in total. The molecular formula is C13H20N2O3. The van der Waals surface area contributed by atoms with Gasteiger partial charge < -0.3 is 20.5 Å². The number of anilines is 2. The van der Waals surface area contributed by atoms with Gasteiger partial charge in [0.05, 0.1) is 0 Å². The van der Waals surface area contributed by atoms with Crippen molar-refractivity contribution in [3.8, 4) is 0 Å². The fourth-order valence-corrected chi connectivity index (χ4v) is 1.48. The summed E-state index contributed by atoms with van der Waals surface area (Å²) in [5, 5.41) is 2.78. The molecule has 100 valence electrons. The van der Waals surface area contributed by atoms with Crippen molar-refractivity contribution in [2.45, 2.75) is 13.3 Å². The van der Waals surface area contributed by atoms with Crippen molar-refractivity contribution in [2.75, 3.05) is 38.0 Å². The van der Waals surface area contributed by atoms with Crippen molar-refractivity contribution in [2.24, 2.45) is 0 Å². The number of amides is 1. The molecule has 0 fully saturated rings. The van der Waals surface area contributed by atoms with Gasteiger partial charge >= 0.3 is 0 Å². The molecule has 0 spiro atoms. The van der Waals surface area contributed by atoms with Crippen LogP contribution >= 0.6 is 0 Å². The zero-order valence-corrected chi connectivity index (χ0v) is 10.9. The second-order valence-electron chi connectivity index (χ2n) is 4.02. The van der Waals surface area contributed by atoms with Gasteiger partial charge in [0.1, 0.15) is 6.61 Å². The van der Waals surface area contributed by atoms with Gasteiger partial charge in [-0.3, -0.25) is 4.79 Å². The zero-order valence-electron chi connectivity index (χ0n) is 10.9. The summed E-state index contributed by atoms with van der Waals surface area (Å²) in [6, 6.07) is 5.35. The predicted octanol–water partition coefficient (Wildman–Crippen LogP) is 1.57. The van der Waals surface area contributed by atoms with Crippen LogP contribution in [-0.4, -0.2) is 32.8 Å². The molecule has 5 heteroatoms. The lowest BCUT2D eigenvalue weighted by molar-refractivity contribution is -0.120. The number of ether oxygens (including phenoxy) is 2. The largest absolute Gasteiger partial charge is 0.399 e. The normalized spacial score (nSPS) is 10.3. The van der Waals surface area contributed by atoms with E-state index in [-0.39, 0.29) is 12.5 Å². The monoisotopic (exact) mass is 252 g/mol. The quantitative estimate of drug-likeness (QED) is 0.570. The Morgan fingerprint density at radius 2 is 2.17 bits per heavy atom. The third-order valence-corrected chi connectivity index (χ3v) is 2.39. The van der Waals surface area contributed by atoms with Gasteiger partial charge in [-0.2, -0.15) is 0 Å². The van der Waals surface area contributed by atoms with E-state index in [1.807, 2.05) is 13.0 Å². The van der Waals surface area contributed by atoms with Crippen molar-refractivity contribution in [3.63, 3.8) is 0 Å². The Bertz CT molecular complexity index is 394. The number of carbonyl (C=O) groups is 1. The number of hydrogen-bond acceptors (Lipinski definition) is 4. The van der Waals surface area contributed by atoms with Crippen LogP contribution in [0, 0.1) is 6.92 Å². The molecule has 18 heavy (non-hydrogen) atoms. The number of hydrogen-bond donors (Lipinski definition) is 2. The maximum atomic E-state index is 11.6. The Kier molecular flexibility index (Phi) is 6.18. The first-order valence-corrected chi connectivity index (χ1v) is 5.86. The number of carbonyl (C=O) groups excluding carboxylic acids is 1. The molecule has 0 aliphatic carbocycles. The van der Waals surface area contributed by atoms with Crippen molar-refractivity contribution < 1.29 is 14.3 Å². The lowest BCUT2D eigenvalue weighted by Gasteiger charge is -2.09. The van der Waals surface area contributed by atoms with E-state index >= 15 is 0 Å². The van der Waals surface area contributed by atoms with Gasteiger partial charge in [-0.1, -0.05) is 0 Å². The van der Waals surface area contributed by atoms with E-state index in [1.165, 1.54) is 0 Å². The summed E-state index contributed by atoms with van der Waals surface area (Å²) < 4.78 is 10.1. The van der Waals surface area contributed by atoms with Crippen LogP contribution in [0.25, 0.3) is 0 Å². The first-order chi connectivity index (χ1) is 8.63. The van der Waals surface area contributed by atoms with Crippen molar-refractivity contribution in [1.82, 2.24) is 0 Å². The lowest BCUT2D eigenvalue weighted by Crippen LogP contribution is -2.19. The second-order valence-corrected chi connectivity index (χ2v) is 4.02. The minimum atomic E-state index is -0.166. The first kappa shape index (κ1) is 14.5. The van der Waals surface area contributed by atoms with Crippen LogP contribution in [0.5, 0.6) is 0 Å². The third kappa shape index (κ3) is 5.16. The molecule has 0 aliphatic rings. The van der Waals surface area contributed by atoms with E-state index in [9.17, 15) is 4.79 Å². The van der Waals surface area contributed by atoms with E-state index in [1.54, 1.807) is 19.2 Å². The molecule has 0 unspecified atom stereocenters. The van der Waals surface area contributed by atoms with Gasteiger partial charge in [-0.15, -0.1) is 0 Å². The van der Waals surface area contributed by atoms with Crippen LogP contribution < -0.4 is 11.1 Å². The smallest absolute Gasteiger partial charge is 0.250 e. The van der Waals surface area contributed by atoms with Gasteiger partial charge in [0, 0.05) is 31.7 Å². The molecule has 0 atom stereocenters. The van der Waals surface area contributed by atoms with E-state index < -0.39 is 0 Å². The Hall–Kier alpha value is -1.59. The summed E-state index contributed by atoms with van der Waals surface area (Å²) in [6.07, 6.45) is 0.782. The molecule has 0 heterocycles. The van der Waals surface area contributed by atoms with Gasteiger partial charge in [0.25, 0.3) is 0 Å². The number of methoxy groups -OCH3 is 1. The van der Waals surface area contributed by atoms with Gasteiger partial charge in [0.15, 0.2) is 0 Å². The Morgan fingerprint density at radius 1 is 1.39 bits per heavy atom. The number of benzene rings is 1. The Morgan fingerprint density at radius 3 is 2.83 bits per heavy atom. The van der Waals surface area contributed by atoms with E-state index in [2.05, 4.69) is 5.32 Å². The summed E-state index contributed by atoms with van der Waals surface area (Å²) in [4.78, 5) is 11.6. The summed E-state index contributed by atoms with van der Waals surface area (Å²) >= 11 is 0. The van der Waals surface area contributed by atoms with Gasteiger partial charge in [-0.05, 0) is 37.1 Å². The standard InChI is InChI=1S/C13H20N2O3/c1-10-8-11(14)4-5-12(10)15-13(16)9-18-7-3-6-17-2/h4-5,8H,3,6-7,9,14H2,1-2H3,(H,15,16). The first-order valence-electron chi connectivity index (χ1n) is 5.86. The SMILES string of the molecule is COCCCOCC(=O)Nc1ccc(N)cc1C. The number of aryl methyl sites for hydroxylation is 1. The molecule has 1 aromatic carbocycles. The van der Waals surface area contributed by atoms with E-state index in [0.29, 0.717) is 18.9 Å². The maximum absolute atomic E-state index is 11.6. The second kappa shape index (κ2) is 7.68. The van der Waals surface area contributed by atoms with Crippen molar-refractivity contribution in [1.29, 1.82) is 0 Å². The highest BCUT2D eigenvalue weighted by Crippen LogP contribution is 2.17. The predicted molar refractivity (Wildman–Crippen MR) is 71.5 cm³/mol. The van der Waals surface area contributed by atoms with Crippen LogP contribution in [-0.2, 0) is 14.3 Å². The van der Waals surface area contributed by atoms with Crippen LogP contribution in [0.1, 0.15) is 12.0 Å². The summed E-state index contributed by atoms with van der Waals surface area (Å²) in [5.41, 5.74) is 8.01. The maximum Gasteiger partial charge on any atom is 0.250 e. The summed E-state index contributed by atoms with van der Waals surface area (Å²) in [6.45, 7) is 3.10. The highest BCUT2D eigenvalue weighted by molar-refractivity contribution is 5.92. The number of nitrogens with two attached hydrogens (primary N) is 1. The van der Waals surface area contributed by atoms with E-state index in [4.69, 9.17) is 15.2 Å². The van der Waals surface area contributed by atoms with Crippen LogP contribution in [0.15, 0.2) is 18.2 Å². The topological polar surface area (TPSA) is 73.6 Å². The zero-order chi connectivity index (χ0) is 13.4. The Labute approximate surface area is 107 Å². The van der Waals surface area contributed by atoms with Gasteiger partial charge in [-0.25, -0.2) is 0 Å². The molecule has 0 aromatic heterocycles. The highest BCUT2D eigenvalue weighted by Gasteiger charge is 2.04. The highest BCUT2D eigenvalue weighted by atomic mass is 16.5. The number of nitrogens with one attached hydrogen (secondary N) is 1. The fourth-order valence-electron chi connectivity index (χ4n) is 1.48. The molecule has 1 amide bonds. The van der Waals surface area contributed by atoms with Crippen LogP contribution in [0.3, 0.4) is 0 Å². The molecule has 0 bridgehead atoms. The van der Waals surface area contributed by atoms with Gasteiger partial charge in [0.2, 0.25) is 5.91 Å². The fraction of sp³-hybridized carbons (Fsp3) is 0.462. The molecule has 0 aliphatic heterocycles. The molecule has 1 rings (SSSR count). The minimum Gasteiger partial charge on any atom is -0.399 e. The molecule has 3 N–H and O–H groups in total. The average molecular weight is 252 g/mol. The summed E-state index contributed by atoms with van der Waals surface area (Å²) in [7, 11) is 1.64. The number of nitrogen functional groups attached to an aromatic ring is 1. The average Bonchev–Trinajstić information content (AvgIpc) is 2.32. The summed E-state index contributed by atoms with van der Waals surface area (Å²) in [5.74, 6) is -0.166. The molecule has 0 radical (unpaired) electrons. The van der Waals surface area contributed by atoms with Crippen LogP contribution in [0.4, 0.5) is 11.4 Å². The lowest BCUT2D eigenvalue weighted by atomic mass is 10.2. The molecular weight excluding hydrogens is 232 g/mol. The molecule has 0 saturated heterocycles. The van der Waals surface area contributed by atoms with Crippen molar-refractivity contribution >= 4 is 17.3 Å². The number of rotatable bonds is 7. The molecule has 1 aromatic rings. The van der Waals surface area contributed by atoms with Crippen LogP contribution in [0.2, 0.25) is 0 Å². The third-order valence-electron chi connectivity index (χ3n) is 2.39. The van der Waals surface area contributed by atoms with E-state index in [0.717, 1.165) is 17.7 Å². The molecule has 0 saturated carbocycles. The van der Waals surface area contributed by atoms with Crippen molar-refractivity contribution in [3.05, 3.63) is 23.8 Å².